The van der Waals surface area contributed by atoms with Crippen molar-refractivity contribution in [2.75, 3.05) is 30.9 Å². The lowest BCUT2D eigenvalue weighted by molar-refractivity contribution is -0.121. The van der Waals surface area contributed by atoms with Crippen molar-refractivity contribution in [1.29, 1.82) is 0 Å². The maximum Gasteiger partial charge on any atom is 0.231 e. The van der Waals surface area contributed by atoms with Gasteiger partial charge in [0.25, 0.3) is 0 Å². The van der Waals surface area contributed by atoms with Crippen LogP contribution >= 0.6 is 0 Å². The van der Waals surface area contributed by atoms with Crippen LogP contribution in [0.2, 0.25) is 0 Å². The van der Waals surface area contributed by atoms with Crippen molar-refractivity contribution < 1.29 is 4.79 Å². The summed E-state index contributed by atoms with van der Waals surface area (Å²) < 4.78 is 0. The number of hydrogen-bond donors (Lipinski definition) is 3. The van der Waals surface area contributed by atoms with E-state index < -0.39 is 0 Å². The first kappa shape index (κ1) is 19.9. The van der Waals surface area contributed by atoms with Gasteiger partial charge in [0.1, 0.15) is 0 Å². The number of fused-ring (bicyclic) bond motifs is 1. The first-order chi connectivity index (χ1) is 13.9. The first-order valence-corrected chi connectivity index (χ1v) is 10.4. The summed E-state index contributed by atoms with van der Waals surface area (Å²) in [6.45, 7) is 5.06. The second-order valence-corrected chi connectivity index (χ2v) is 8.48. The van der Waals surface area contributed by atoms with E-state index in [4.69, 9.17) is 0 Å². The fourth-order valence-electron chi connectivity index (χ4n) is 4.40. The number of amides is 1. The molecule has 0 aromatic heterocycles. The smallest absolute Gasteiger partial charge is 0.231 e. The predicted molar refractivity (Wildman–Crippen MR) is 119 cm³/mol. The van der Waals surface area contributed by atoms with Crippen molar-refractivity contribution >= 4 is 17.3 Å². The van der Waals surface area contributed by atoms with Crippen molar-refractivity contribution in [3.05, 3.63) is 48.5 Å². The van der Waals surface area contributed by atoms with Gasteiger partial charge in [-0.05, 0) is 55.7 Å². The molecular weight excluding hydrogens is 362 g/mol. The quantitative estimate of drug-likeness (QED) is 0.746. The van der Waals surface area contributed by atoms with Gasteiger partial charge in [-0.25, -0.2) is 5.01 Å². The van der Waals surface area contributed by atoms with Gasteiger partial charge in [0.2, 0.25) is 5.91 Å². The number of hydrogen-bond acceptors (Lipinski definition) is 5. The molecule has 1 amide bonds. The Morgan fingerprint density at radius 3 is 2.59 bits per heavy atom. The van der Waals surface area contributed by atoms with Crippen molar-refractivity contribution in [3.63, 3.8) is 0 Å². The summed E-state index contributed by atoms with van der Waals surface area (Å²) in [7, 11) is 4.08. The monoisotopic (exact) mass is 393 g/mol. The zero-order valence-corrected chi connectivity index (χ0v) is 17.6. The van der Waals surface area contributed by atoms with Crippen LogP contribution in [0.3, 0.4) is 0 Å². The third-order valence-corrected chi connectivity index (χ3v) is 5.98. The van der Waals surface area contributed by atoms with Gasteiger partial charge in [0.05, 0.1) is 12.1 Å². The van der Waals surface area contributed by atoms with E-state index in [0.717, 1.165) is 17.7 Å². The van der Waals surface area contributed by atoms with E-state index in [1.54, 1.807) is 0 Å². The molecule has 6 heteroatoms. The van der Waals surface area contributed by atoms with Crippen LogP contribution in [0.1, 0.15) is 20.3 Å². The van der Waals surface area contributed by atoms with Gasteiger partial charge >= 0.3 is 0 Å². The Bertz CT molecular complexity index is 866. The number of anilines is 2. The number of nitrogens with one attached hydrogen (secondary N) is 3. The Balaban J connectivity index is 1.44. The molecule has 2 saturated heterocycles. The minimum atomic E-state index is -0.114. The Morgan fingerprint density at radius 1 is 1.10 bits per heavy atom. The normalized spacial score (nSPS) is 26.8. The molecule has 2 aromatic rings. The highest BCUT2D eigenvalue weighted by molar-refractivity contribution is 5.93. The molecule has 154 valence electrons. The molecule has 4 atom stereocenters. The van der Waals surface area contributed by atoms with Gasteiger partial charge < -0.3 is 10.2 Å². The van der Waals surface area contributed by atoms with Gasteiger partial charge in [-0.15, -0.1) is 0 Å². The van der Waals surface area contributed by atoms with E-state index in [0.29, 0.717) is 18.6 Å². The molecule has 0 aliphatic carbocycles. The van der Waals surface area contributed by atoms with E-state index in [9.17, 15) is 4.79 Å². The summed E-state index contributed by atoms with van der Waals surface area (Å²) in [5.74, 6) is -0.0576. The third kappa shape index (κ3) is 4.15. The molecule has 0 bridgehead atoms. The van der Waals surface area contributed by atoms with Crippen molar-refractivity contribution in [1.82, 2.24) is 15.8 Å². The highest BCUT2D eigenvalue weighted by Gasteiger charge is 2.44. The van der Waals surface area contributed by atoms with Gasteiger partial charge in [-0.1, -0.05) is 24.3 Å². The van der Waals surface area contributed by atoms with E-state index in [1.807, 2.05) is 26.2 Å². The van der Waals surface area contributed by atoms with Crippen LogP contribution in [0.15, 0.2) is 48.5 Å². The van der Waals surface area contributed by atoms with Crippen molar-refractivity contribution in [2.45, 2.75) is 38.5 Å². The molecule has 2 fully saturated rings. The fourth-order valence-corrected chi connectivity index (χ4v) is 4.40. The summed E-state index contributed by atoms with van der Waals surface area (Å²) in [6, 6.07) is 17.4. The summed E-state index contributed by atoms with van der Waals surface area (Å²) in [5.41, 5.74) is 7.70. The van der Waals surface area contributed by atoms with Crippen LogP contribution < -0.4 is 21.0 Å². The molecular formula is C23H31N5O. The lowest BCUT2D eigenvalue weighted by atomic mass is 9.99. The number of nitrogens with zero attached hydrogens (tertiary/aromatic N) is 2. The van der Waals surface area contributed by atoms with E-state index >= 15 is 0 Å². The Hall–Kier alpha value is -2.41. The summed E-state index contributed by atoms with van der Waals surface area (Å²) in [6.07, 6.45) is 1.12. The van der Waals surface area contributed by atoms with Gasteiger partial charge in [0, 0.05) is 44.1 Å². The molecule has 0 radical (unpaired) electrons. The molecule has 6 nitrogen and oxygen atoms in total. The molecule has 0 saturated carbocycles. The minimum absolute atomic E-state index is 0.0433. The van der Waals surface area contributed by atoms with E-state index in [-0.39, 0.29) is 18.0 Å². The SMILES string of the molecule is CC1CC(C)N2NCC(C(=O)Nc3ccc(-c4cccc(N(C)C)c4)cc3)C2N1. The lowest BCUT2D eigenvalue weighted by Crippen LogP contribution is -2.60. The molecule has 2 aromatic carbocycles. The molecule has 2 aliphatic heterocycles. The summed E-state index contributed by atoms with van der Waals surface area (Å²) in [4.78, 5) is 15.0. The first-order valence-electron chi connectivity index (χ1n) is 10.4. The number of benzene rings is 2. The summed E-state index contributed by atoms with van der Waals surface area (Å²) >= 11 is 0. The van der Waals surface area contributed by atoms with Crippen LogP contribution in [0.25, 0.3) is 11.1 Å². The number of carbonyl (C=O) groups is 1. The van der Waals surface area contributed by atoms with Crippen molar-refractivity contribution in [3.8, 4) is 11.1 Å². The molecule has 0 spiro atoms. The van der Waals surface area contributed by atoms with E-state index in [1.165, 1.54) is 11.3 Å². The van der Waals surface area contributed by atoms with Crippen LogP contribution in [0.4, 0.5) is 11.4 Å². The second kappa shape index (κ2) is 8.14. The van der Waals surface area contributed by atoms with Crippen LogP contribution in [0.5, 0.6) is 0 Å². The molecule has 3 N–H and O–H groups in total. The van der Waals surface area contributed by atoms with Crippen molar-refractivity contribution in [2.24, 2.45) is 5.92 Å². The molecule has 4 unspecified atom stereocenters. The topological polar surface area (TPSA) is 59.6 Å². The third-order valence-electron chi connectivity index (χ3n) is 5.98. The highest BCUT2D eigenvalue weighted by Crippen LogP contribution is 2.27. The minimum Gasteiger partial charge on any atom is -0.378 e. The number of rotatable bonds is 4. The average Bonchev–Trinajstić information content (AvgIpc) is 3.13. The highest BCUT2D eigenvalue weighted by atomic mass is 16.2. The molecule has 2 aliphatic rings. The largest absolute Gasteiger partial charge is 0.378 e. The van der Waals surface area contributed by atoms with E-state index in [2.05, 4.69) is 76.2 Å². The van der Waals surface area contributed by atoms with Gasteiger partial charge in [-0.2, -0.15) is 0 Å². The number of hydrazine groups is 1. The maximum atomic E-state index is 12.9. The Morgan fingerprint density at radius 2 is 1.86 bits per heavy atom. The Labute approximate surface area is 173 Å². The predicted octanol–water partition coefficient (Wildman–Crippen LogP) is 2.89. The Kier molecular flexibility index (Phi) is 5.58. The molecule has 2 heterocycles. The van der Waals surface area contributed by atoms with Gasteiger partial charge in [0.15, 0.2) is 0 Å². The molecule has 4 rings (SSSR count). The lowest BCUT2D eigenvalue weighted by Gasteiger charge is -2.40. The van der Waals surface area contributed by atoms with Crippen LogP contribution in [-0.4, -0.2) is 49.8 Å². The van der Waals surface area contributed by atoms with Gasteiger partial charge in [-0.3, -0.25) is 15.5 Å². The summed E-state index contributed by atoms with van der Waals surface area (Å²) in [5, 5.41) is 8.87. The standard InChI is InChI=1S/C23H31N5O/c1-15-12-16(2)28-22(25-15)21(14-24-28)23(29)26-19-10-8-17(9-11-19)18-6-5-7-20(13-18)27(3)4/h5-11,13,15-16,21-22,24-25H,12,14H2,1-4H3,(H,26,29). The zero-order chi connectivity index (χ0) is 20.5. The number of carbonyl (C=O) groups excluding carboxylic acids is 1. The maximum absolute atomic E-state index is 12.9. The second-order valence-electron chi connectivity index (χ2n) is 8.48. The molecule has 29 heavy (non-hydrogen) atoms. The fraction of sp³-hybridized carbons (Fsp3) is 0.435. The van der Waals surface area contributed by atoms with Crippen LogP contribution in [-0.2, 0) is 4.79 Å². The zero-order valence-electron chi connectivity index (χ0n) is 17.6. The average molecular weight is 394 g/mol. The van der Waals surface area contributed by atoms with Crippen LogP contribution in [0, 0.1) is 5.92 Å².